The van der Waals surface area contributed by atoms with E-state index < -0.39 is 0 Å². The van der Waals surface area contributed by atoms with Gasteiger partial charge in [-0.25, -0.2) is 4.39 Å². The Hall–Kier alpha value is -2.48. The van der Waals surface area contributed by atoms with Crippen molar-refractivity contribution in [1.82, 2.24) is 15.3 Å². The van der Waals surface area contributed by atoms with Crippen LogP contribution in [0.15, 0.2) is 30.3 Å². The van der Waals surface area contributed by atoms with Crippen LogP contribution < -0.4 is 20.4 Å². The van der Waals surface area contributed by atoms with Gasteiger partial charge in [0.1, 0.15) is 17.5 Å². The summed E-state index contributed by atoms with van der Waals surface area (Å²) in [5.74, 6) is 2.35. The number of halogens is 1. The van der Waals surface area contributed by atoms with Crippen molar-refractivity contribution in [2.75, 3.05) is 41.3 Å². The van der Waals surface area contributed by atoms with Gasteiger partial charge in [-0.2, -0.15) is 9.97 Å². The lowest BCUT2D eigenvalue weighted by Gasteiger charge is -2.38. The zero-order chi connectivity index (χ0) is 25.7. The molecule has 0 radical (unpaired) electrons. The molecular weight excluding hydrogens is 483 g/mol. The van der Waals surface area contributed by atoms with Crippen molar-refractivity contribution in [2.45, 2.75) is 89.0 Å². The molecular formula is C29H41FN6S. The van der Waals surface area contributed by atoms with Crippen LogP contribution in [-0.2, 0) is 5.41 Å². The van der Waals surface area contributed by atoms with Crippen LogP contribution >= 0.6 is 12.2 Å². The van der Waals surface area contributed by atoms with Crippen molar-refractivity contribution >= 4 is 34.9 Å². The van der Waals surface area contributed by atoms with Gasteiger partial charge < -0.3 is 20.4 Å². The summed E-state index contributed by atoms with van der Waals surface area (Å²) >= 11 is 5.76. The van der Waals surface area contributed by atoms with Crippen LogP contribution in [0.1, 0.15) is 83.1 Å². The monoisotopic (exact) mass is 524 g/mol. The van der Waals surface area contributed by atoms with Gasteiger partial charge in [-0.15, -0.1) is 0 Å². The van der Waals surface area contributed by atoms with Crippen molar-refractivity contribution in [3.8, 4) is 0 Å². The van der Waals surface area contributed by atoms with Crippen LogP contribution in [0.5, 0.6) is 0 Å². The van der Waals surface area contributed by atoms with Crippen LogP contribution in [0.4, 0.5) is 22.0 Å². The van der Waals surface area contributed by atoms with Gasteiger partial charge in [-0.1, -0.05) is 31.4 Å². The molecule has 2 saturated heterocycles. The smallest absolute Gasteiger partial charge is 0.232 e. The number of nitrogens with zero attached hydrogens (tertiary/aromatic N) is 4. The predicted octanol–water partition coefficient (Wildman–Crippen LogP) is 6.17. The second-order valence-corrected chi connectivity index (χ2v) is 11.6. The molecule has 6 nitrogen and oxygen atoms in total. The normalized spacial score (nSPS) is 21.9. The molecule has 2 aliphatic heterocycles. The van der Waals surface area contributed by atoms with E-state index in [0.717, 1.165) is 44.1 Å². The zero-order valence-electron chi connectivity index (χ0n) is 22.1. The summed E-state index contributed by atoms with van der Waals surface area (Å²) in [7, 11) is 0. The molecule has 8 heteroatoms. The molecule has 0 amide bonds. The number of thiocarbonyl (C=S) groups is 1. The summed E-state index contributed by atoms with van der Waals surface area (Å²) in [6.45, 7) is 6.11. The summed E-state index contributed by atoms with van der Waals surface area (Å²) in [6, 6.07) is 9.67. The molecule has 200 valence electrons. The first-order valence-electron chi connectivity index (χ1n) is 14.2. The van der Waals surface area contributed by atoms with Crippen molar-refractivity contribution in [1.29, 1.82) is 0 Å². The number of hydrogen-bond acceptors (Lipinski definition) is 5. The Morgan fingerprint density at radius 1 is 0.946 bits per heavy atom. The van der Waals surface area contributed by atoms with Gasteiger partial charge in [0.15, 0.2) is 5.11 Å². The molecule has 1 saturated carbocycles. The van der Waals surface area contributed by atoms with Crippen molar-refractivity contribution < 1.29 is 4.39 Å². The minimum atomic E-state index is -0.190. The summed E-state index contributed by atoms with van der Waals surface area (Å²) < 4.78 is 13.6. The number of hydrogen-bond donors (Lipinski definition) is 2. The molecule has 0 spiro atoms. The molecule has 2 aromatic rings. The Balaban J connectivity index is 1.33. The molecule has 37 heavy (non-hydrogen) atoms. The summed E-state index contributed by atoms with van der Waals surface area (Å²) in [6.07, 6.45) is 13.1. The lowest BCUT2D eigenvalue weighted by molar-refractivity contribution is 0.292. The minimum absolute atomic E-state index is 0.0391. The number of rotatable bonds is 6. The summed E-state index contributed by atoms with van der Waals surface area (Å²) in [5.41, 5.74) is 1.15. The maximum Gasteiger partial charge on any atom is 0.232 e. The predicted molar refractivity (Wildman–Crippen MR) is 154 cm³/mol. The highest BCUT2D eigenvalue weighted by Gasteiger charge is 2.34. The van der Waals surface area contributed by atoms with Crippen LogP contribution in [0.25, 0.3) is 0 Å². The second-order valence-electron chi connectivity index (χ2n) is 11.1. The van der Waals surface area contributed by atoms with Gasteiger partial charge in [0, 0.05) is 43.7 Å². The molecule has 1 aromatic heterocycles. The van der Waals surface area contributed by atoms with Crippen molar-refractivity contribution in [3.63, 3.8) is 0 Å². The van der Waals surface area contributed by atoms with E-state index in [1.807, 2.05) is 12.1 Å². The van der Waals surface area contributed by atoms with Gasteiger partial charge in [-0.05, 0) is 88.2 Å². The molecule has 3 aliphatic rings. The summed E-state index contributed by atoms with van der Waals surface area (Å²) in [4.78, 5) is 14.6. The van der Waals surface area contributed by atoms with Gasteiger partial charge in [-0.3, -0.25) is 0 Å². The van der Waals surface area contributed by atoms with E-state index in [-0.39, 0.29) is 11.2 Å². The van der Waals surface area contributed by atoms with E-state index in [0.29, 0.717) is 23.6 Å². The minimum Gasteiger partial charge on any atom is -0.361 e. The summed E-state index contributed by atoms with van der Waals surface area (Å²) in [5, 5.41) is 7.34. The maximum atomic E-state index is 13.6. The average molecular weight is 525 g/mol. The topological polar surface area (TPSA) is 56.3 Å². The Morgan fingerprint density at radius 2 is 1.62 bits per heavy atom. The maximum absolute atomic E-state index is 13.6. The van der Waals surface area contributed by atoms with E-state index >= 15 is 0 Å². The lowest BCUT2D eigenvalue weighted by Crippen LogP contribution is -2.44. The fourth-order valence-electron chi connectivity index (χ4n) is 6.34. The van der Waals surface area contributed by atoms with Gasteiger partial charge in [0.05, 0.1) is 0 Å². The van der Waals surface area contributed by atoms with Crippen LogP contribution in [0.2, 0.25) is 0 Å². The molecule has 1 unspecified atom stereocenters. The Labute approximate surface area is 226 Å². The quantitative estimate of drug-likeness (QED) is 0.438. The standard InChI is InChI=1S/C29H41FN6S/c1-22-10-4-9-19-36(22)26-20-25(35-17-7-3-8-18-35)32-27(33-26)34-28(37)31-21-29(15-5-2-6-16-29)23-11-13-24(30)14-12-23/h11-14,20,22H,2-10,15-19,21H2,1H3,(H2,31,32,33,34,37). The third-order valence-electron chi connectivity index (χ3n) is 8.56. The Morgan fingerprint density at radius 3 is 2.35 bits per heavy atom. The number of benzene rings is 1. The molecule has 1 atom stereocenters. The Kier molecular flexibility index (Phi) is 8.43. The first-order valence-corrected chi connectivity index (χ1v) is 14.6. The van der Waals surface area contributed by atoms with Crippen molar-refractivity contribution in [3.05, 3.63) is 41.7 Å². The third-order valence-corrected chi connectivity index (χ3v) is 8.80. The van der Waals surface area contributed by atoms with E-state index in [2.05, 4.69) is 33.4 Å². The molecule has 1 aromatic carbocycles. The highest BCUT2D eigenvalue weighted by Crippen LogP contribution is 2.39. The molecule has 3 heterocycles. The number of piperidine rings is 2. The van der Waals surface area contributed by atoms with Crippen molar-refractivity contribution in [2.24, 2.45) is 0 Å². The SMILES string of the molecule is CC1CCCCN1c1cc(N2CCCCC2)nc(NC(=S)NCC2(c3ccc(F)cc3)CCCCC2)n1. The zero-order valence-corrected chi connectivity index (χ0v) is 23.0. The second kappa shape index (κ2) is 11.9. The fourth-order valence-corrected chi connectivity index (χ4v) is 6.51. The number of anilines is 3. The first kappa shape index (κ1) is 26.1. The van der Waals surface area contributed by atoms with Crippen LogP contribution in [0.3, 0.4) is 0 Å². The highest BCUT2D eigenvalue weighted by molar-refractivity contribution is 7.80. The molecule has 2 N–H and O–H groups in total. The molecule has 1 aliphatic carbocycles. The van der Waals surface area contributed by atoms with Gasteiger partial charge in [0.25, 0.3) is 0 Å². The van der Waals surface area contributed by atoms with Gasteiger partial charge >= 0.3 is 0 Å². The number of nitrogens with one attached hydrogen (secondary N) is 2. The van der Waals surface area contributed by atoms with E-state index in [1.165, 1.54) is 63.4 Å². The highest BCUT2D eigenvalue weighted by atomic mass is 32.1. The Bertz CT molecular complexity index is 1050. The van der Waals surface area contributed by atoms with E-state index in [1.54, 1.807) is 12.1 Å². The lowest BCUT2D eigenvalue weighted by atomic mass is 9.69. The van der Waals surface area contributed by atoms with Crippen LogP contribution in [0, 0.1) is 5.82 Å². The molecule has 0 bridgehead atoms. The largest absolute Gasteiger partial charge is 0.361 e. The van der Waals surface area contributed by atoms with Gasteiger partial charge in [0.2, 0.25) is 5.95 Å². The average Bonchev–Trinajstić information content (AvgIpc) is 2.93. The molecule has 3 fully saturated rings. The van der Waals surface area contributed by atoms with E-state index in [9.17, 15) is 4.39 Å². The first-order chi connectivity index (χ1) is 18.0. The fraction of sp³-hybridized carbons (Fsp3) is 0.621. The van der Waals surface area contributed by atoms with Crippen LogP contribution in [-0.4, -0.2) is 47.3 Å². The number of aromatic nitrogens is 2. The van der Waals surface area contributed by atoms with E-state index in [4.69, 9.17) is 22.2 Å². The third kappa shape index (κ3) is 6.33. The molecule has 5 rings (SSSR count).